The van der Waals surface area contributed by atoms with Gasteiger partial charge in [-0.15, -0.1) is 0 Å². The fourth-order valence-corrected chi connectivity index (χ4v) is 4.18. The van der Waals surface area contributed by atoms with Gasteiger partial charge in [-0.1, -0.05) is 54.2 Å². The number of nitrogens with zero attached hydrogens (tertiary/aromatic N) is 3. The summed E-state index contributed by atoms with van der Waals surface area (Å²) in [6, 6.07) is 19.4. The van der Waals surface area contributed by atoms with E-state index in [1.807, 2.05) is 30.3 Å². The Morgan fingerprint density at radius 2 is 1.75 bits per heavy atom. The van der Waals surface area contributed by atoms with Crippen LogP contribution in [0.2, 0.25) is 0 Å². The molecule has 3 aromatic carbocycles. The van der Waals surface area contributed by atoms with Gasteiger partial charge in [0.25, 0.3) is 5.56 Å². The largest absolute Gasteiger partial charge is 0.440 e. The van der Waals surface area contributed by atoms with Crippen LogP contribution in [-0.4, -0.2) is 14.5 Å². The molecule has 8 heteroatoms. The van der Waals surface area contributed by atoms with Gasteiger partial charge in [-0.3, -0.25) is 9.36 Å². The van der Waals surface area contributed by atoms with E-state index in [-0.39, 0.29) is 16.6 Å². The van der Waals surface area contributed by atoms with Crippen molar-refractivity contribution in [3.63, 3.8) is 0 Å². The van der Waals surface area contributed by atoms with Crippen LogP contribution >= 0.6 is 11.8 Å². The van der Waals surface area contributed by atoms with Crippen LogP contribution in [0.15, 0.2) is 93.4 Å². The van der Waals surface area contributed by atoms with E-state index >= 15 is 0 Å². The fourth-order valence-electron chi connectivity index (χ4n) is 3.32. The van der Waals surface area contributed by atoms with E-state index in [1.54, 1.807) is 30.5 Å². The second-order valence-corrected chi connectivity index (χ2v) is 7.86. The first-order valence-corrected chi connectivity index (χ1v) is 10.7. The monoisotopic (exact) mass is 447 g/mol. The third kappa shape index (κ3) is 3.80. The van der Waals surface area contributed by atoms with Crippen LogP contribution in [-0.2, 0) is 5.75 Å². The normalized spacial score (nSPS) is 11.2. The van der Waals surface area contributed by atoms with Crippen LogP contribution < -0.4 is 5.56 Å². The minimum atomic E-state index is -0.853. The molecule has 0 spiro atoms. The molecule has 0 amide bonds. The Labute approximate surface area is 185 Å². The number of hydrogen-bond acceptors (Lipinski definition) is 5. The lowest BCUT2D eigenvalue weighted by atomic mass is 10.2. The zero-order chi connectivity index (χ0) is 22.1. The zero-order valence-corrected chi connectivity index (χ0v) is 17.4. The van der Waals surface area contributed by atoms with Crippen LogP contribution in [0.4, 0.5) is 8.78 Å². The molecule has 0 N–H and O–H groups in total. The number of fused-ring (bicyclic) bond motifs is 1. The van der Waals surface area contributed by atoms with E-state index in [4.69, 9.17) is 4.42 Å². The van der Waals surface area contributed by atoms with Crippen molar-refractivity contribution in [2.24, 2.45) is 0 Å². The number of benzene rings is 3. The van der Waals surface area contributed by atoms with E-state index < -0.39 is 17.2 Å². The van der Waals surface area contributed by atoms with Crippen LogP contribution in [0.1, 0.15) is 5.89 Å². The average Bonchev–Trinajstić information content (AvgIpc) is 3.28. The summed E-state index contributed by atoms with van der Waals surface area (Å²) in [5.74, 6) is -0.263. The highest BCUT2D eigenvalue weighted by Gasteiger charge is 2.18. The third-order valence-corrected chi connectivity index (χ3v) is 5.76. The molecule has 0 radical (unpaired) electrons. The Bertz CT molecular complexity index is 1480. The van der Waals surface area contributed by atoms with Crippen molar-refractivity contribution in [3.8, 4) is 17.0 Å². The van der Waals surface area contributed by atoms with Gasteiger partial charge < -0.3 is 4.42 Å². The molecule has 0 saturated carbocycles. The first-order valence-electron chi connectivity index (χ1n) is 9.70. The maximum absolute atomic E-state index is 14.6. The summed E-state index contributed by atoms with van der Waals surface area (Å²) < 4.78 is 35.0. The number of para-hydroxylation sites is 1. The summed E-state index contributed by atoms with van der Waals surface area (Å²) in [4.78, 5) is 22.0. The summed E-state index contributed by atoms with van der Waals surface area (Å²) >= 11 is 1.18. The van der Waals surface area contributed by atoms with Crippen molar-refractivity contribution < 1.29 is 13.2 Å². The molecule has 0 unspecified atom stereocenters. The Kier molecular flexibility index (Phi) is 5.28. The standard InChI is InChI=1S/C24H15F2N3O2S/c25-16-10-11-20(18(26)12-16)29-23(30)17-8-4-5-9-19(17)28-24(29)32-14-22-27-13-21(31-22)15-6-2-1-3-7-15/h1-13H,14H2. The van der Waals surface area contributed by atoms with Gasteiger partial charge in [0.1, 0.15) is 11.6 Å². The Balaban J connectivity index is 1.55. The number of aromatic nitrogens is 3. The lowest BCUT2D eigenvalue weighted by Gasteiger charge is -2.13. The quantitative estimate of drug-likeness (QED) is 0.259. The van der Waals surface area contributed by atoms with E-state index in [9.17, 15) is 13.6 Å². The molecule has 0 fully saturated rings. The summed E-state index contributed by atoms with van der Waals surface area (Å²) in [6.45, 7) is 0. The van der Waals surface area contributed by atoms with Crippen LogP contribution in [0, 0.1) is 11.6 Å². The zero-order valence-electron chi connectivity index (χ0n) is 16.5. The van der Waals surface area contributed by atoms with Crippen molar-refractivity contribution in [3.05, 3.63) is 107 Å². The molecule has 0 aliphatic heterocycles. The van der Waals surface area contributed by atoms with E-state index in [0.717, 1.165) is 22.3 Å². The number of halogens is 2. The highest BCUT2D eigenvalue weighted by atomic mass is 32.2. The van der Waals surface area contributed by atoms with Crippen LogP contribution in [0.25, 0.3) is 27.9 Å². The molecule has 5 nitrogen and oxygen atoms in total. The summed E-state index contributed by atoms with van der Waals surface area (Å²) in [5.41, 5.74) is 0.858. The molecule has 0 saturated heterocycles. The molecule has 2 aromatic heterocycles. The van der Waals surface area contributed by atoms with E-state index in [2.05, 4.69) is 9.97 Å². The van der Waals surface area contributed by atoms with Crippen LogP contribution in [0.3, 0.4) is 0 Å². The molecule has 32 heavy (non-hydrogen) atoms. The van der Waals surface area contributed by atoms with Gasteiger partial charge in [-0.2, -0.15) is 0 Å². The molecule has 5 aromatic rings. The van der Waals surface area contributed by atoms with Gasteiger partial charge in [0, 0.05) is 11.6 Å². The highest BCUT2D eigenvalue weighted by molar-refractivity contribution is 7.98. The van der Waals surface area contributed by atoms with E-state index in [0.29, 0.717) is 22.6 Å². The first-order chi connectivity index (χ1) is 15.6. The predicted octanol–water partition coefficient (Wildman–Crippen LogP) is 5.61. The van der Waals surface area contributed by atoms with Crippen molar-refractivity contribution in [2.75, 3.05) is 0 Å². The third-order valence-electron chi connectivity index (χ3n) is 4.83. The van der Waals surface area contributed by atoms with Gasteiger partial charge in [-0.05, 0) is 24.3 Å². The molecular formula is C24H15F2N3O2S. The molecule has 5 rings (SSSR count). The smallest absolute Gasteiger partial charge is 0.266 e. The fraction of sp³-hybridized carbons (Fsp3) is 0.0417. The highest BCUT2D eigenvalue weighted by Crippen LogP contribution is 2.27. The van der Waals surface area contributed by atoms with Crippen molar-refractivity contribution in [2.45, 2.75) is 10.9 Å². The molecule has 0 atom stereocenters. The van der Waals surface area contributed by atoms with Gasteiger partial charge in [0.05, 0.1) is 28.5 Å². The number of hydrogen-bond donors (Lipinski definition) is 0. The Hall–Kier alpha value is -3.78. The van der Waals surface area contributed by atoms with Crippen molar-refractivity contribution in [1.29, 1.82) is 0 Å². The lowest BCUT2D eigenvalue weighted by molar-refractivity contribution is 0.529. The number of thioether (sulfide) groups is 1. The SMILES string of the molecule is O=c1c2ccccc2nc(SCc2ncc(-c3ccccc3)o2)n1-c1ccc(F)cc1F. The van der Waals surface area contributed by atoms with Gasteiger partial charge in [0.2, 0.25) is 5.89 Å². The molecule has 0 aliphatic carbocycles. The Morgan fingerprint density at radius 3 is 2.56 bits per heavy atom. The maximum Gasteiger partial charge on any atom is 0.266 e. The summed E-state index contributed by atoms with van der Waals surface area (Å²) in [5, 5.41) is 0.585. The molecular weight excluding hydrogens is 432 g/mol. The number of rotatable bonds is 5. The lowest BCUT2D eigenvalue weighted by Crippen LogP contribution is -2.22. The van der Waals surface area contributed by atoms with Gasteiger partial charge in [-0.25, -0.2) is 18.7 Å². The molecule has 0 bridgehead atoms. The Morgan fingerprint density at radius 1 is 0.969 bits per heavy atom. The first kappa shape index (κ1) is 20.1. The predicted molar refractivity (Wildman–Crippen MR) is 119 cm³/mol. The minimum absolute atomic E-state index is 0.0745. The molecule has 2 heterocycles. The maximum atomic E-state index is 14.6. The van der Waals surface area contributed by atoms with Crippen LogP contribution in [0.5, 0.6) is 0 Å². The summed E-state index contributed by atoms with van der Waals surface area (Å²) in [7, 11) is 0. The second kappa shape index (κ2) is 8.39. The second-order valence-electron chi connectivity index (χ2n) is 6.92. The summed E-state index contributed by atoms with van der Waals surface area (Å²) in [6.07, 6.45) is 1.63. The average molecular weight is 447 g/mol. The molecule has 158 valence electrons. The van der Waals surface area contributed by atoms with Gasteiger partial charge >= 0.3 is 0 Å². The van der Waals surface area contributed by atoms with Gasteiger partial charge in [0.15, 0.2) is 10.9 Å². The topological polar surface area (TPSA) is 60.9 Å². The molecule has 0 aliphatic rings. The van der Waals surface area contributed by atoms with Crippen molar-refractivity contribution >= 4 is 22.7 Å². The minimum Gasteiger partial charge on any atom is -0.440 e. The van der Waals surface area contributed by atoms with E-state index in [1.165, 1.54) is 17.8 Å². The van der Waals surface area contributed by atoms with Crippen molar-refractivity contribution in [1.82, 2.24) is 14.5 Å². The number of oxazole rings is 1.